The normalized spacial score (nSPS) is 20.5. The third-order valence-electron chi connectivity index (χ3n) is 4.12. The average molecular weight is 350 g/mol. The molecule has 2 rings (SSSR count). The molecular weight excluding hydrogens is 329 g/mol. The van der Waals surface area contributed by atoms with Gasteiger partial charge in [0, 0.05) is 20.1 Å². The minimum atomic E-state index is -5.36. The Morgan fingerprint density at radius 1 is 1.30 bits per heavy atom. The maximum atomic E-state index is 12.9. The zero-order valence-electron chi connectivity index (χ0n) is 13.2. The van der Waals surface area contributed by atoms with Crippen LogP contribution in [0, 0.1) is 5.92 Å². The summed E-state index contributed by atoms with van der Waals surface area (Å²) < 4.78 is 62.1. The second-order valence-corrected chi connectivity index (χ2v) is 7.98. The molecule has 1 aliphatic heterocycles. The first-order valence-corrected chi connectivity index (χ1v) is 8.91. The third-order valence-corrected chi connectivity index (χ3v) is 5.66. The lowest BCUT2D eigenvalue weighted by molar-refractivity contribution is -0.0435. The Morgan fingerprint density at radius 3 is 2.57 bits per heavy atom. The summed E-state index contributed by atoms with van der Waals surface area (Å²) in [5.41, 5.74) is -5.20. The van der Waals surface area contributed by atoms with Crippen LogP contribution in [-0.4, -0.2) is 52.6 Å². The van der Waals surface area contributed by atoms with Crippen molar-refractivity contribution in [1.82, 2.24) is 4.90 Å². The van der Waals surface area contributed by atoms with Gasteiger partial charge in [-0.1, -0.05) is 12.1 Å². The summed E-state index contributed by atoms with van der Waals surface area (Å²) in [7, 11) is -1.71. The molecule has 130 valence electrons. The molecule has 8 heteroatoms. The summed E-state index contributed by atoms with van der Waals surface area (Å²) in [6, 6.07) is 5.30. The predicted molar refractivity (Wildman–Crippen MR) is 83.2 cm³/mol. The average Bonchev–Trinajstić information content (AvgIpc) is 2.46. The zero-order chi connectivity index (χ0) is 17.3. The Labute approximate surface area is 134 Å². The highest BCUT2D eigenvalue weighted by Gasteiger charge is 2.48. The van der Waals surface area contributed by atoms with Crippen LogP contribution in [0.15, 0.2) is 29.2 Å². The van der Waals surface area contributed by atoms with Crippen molar-refractivity contribution in [3.63, 3.8) is 0 Å². The molecule has 1 fully saturated rings. The summed E-state index contributed by atoms with van der Waals surface area (Å²) in [4.78, 5) is 3.11. The number of nitrogens with zero attached hydrogens (tertiary/aromatic N) is 2. The van der Waals surface area contributed by atoms with Crippen LogP contribution in [0.25, 0.3) is 0 Å². The summed E-state index contributed by atoms with van der Waals surface area (Å²) in [5, 5.41) is 0. The molecule has 0 saturated carbocycles. The van der Waals surface area contributed by atoms with E-state index in [0.717, 1.165) is 32.0 Å². The molecule has 0 radical (unpaired) electrons. The topological polar surface area (TPSA) is 40.6 Å². The summed E-state index contributed by atoms with van der Waals surface area (Å²) >= 11 is 0. The summed E-state index contributed by atoms with van der Waals surface area (Å²) in [5.74, 6) is 0.306. The van der Waals surface area contributed by atoms with Crippen molar-refractivity contribution in [2.45, 2.75) is 23.2 Å². The minimum Gasteiger partial charge on any atom is -0.373 e. The number of sulfone groups is 1. The van der Waals surface area contributed by atoms with Crippen molar-refractivity contribution in [3.8, 4) is 0 Å². The minimum absolute atomic E-state index is 0.0954. The highest BCUT2D eigenvalue weighted by atomic mass is 32.2. The molecule has 0 aliphatic carbocycles. The van der Waals surface area contributed by atoms with E-state index < -0.39 is 20.2 Å². The number of benzene rings is 1. The first-order valence-electron chi connectivity index (χ1n) is 7.43. The van der Waals surface area contributed by atoms with Crippen LogP contribution in [0.2, 0.25) is 0 Å². The number of hydrogen-bond acceptors (Lipinski definition) is 4. The van der Waals surface area contributed by atoms with Gasteiger partial charge in [0.25, 0.3) is 9.84 Å². The molecule has 1 atom stereocenters. The van der Waals surface area contributed by atoms with Crippen molar-refractivity contribution in [1.29, 1.82) is 0 Å². The Balaban J connectivity index is 2.26. The molecule has 0 bridgehead atoms. The molecule has 1 aromatic rings. The monoisotopic (exact) mass is 350 g/mol. The first-order chi connectivity index (χ1) is 10.6. The Kier molecular flexibility index (Phi) is 5.25. The van der Waals surface area contributed by atoms with E-state index in [-0.39, 0.29) is 5.69 Å². The van der Waals surface area contributed by atoms with E-state index in [9.17, 15) is 21.6 Å². The standard InChI is InChI=1S/C15H21F3N2O2S/c1-19-9-5-6-12(10-19)11-20(2)13-7-3-4-8-14(13)23(21,22)15(16,17)18/h3-4,7-8,12H,5-6,9-11H2,1-2H3. The largest absolute Gasteiger partial charge is 0.501 e. The molecule has 1 heterocycles. The summed E-state index contributed by atoms with van der Waals surface area (Å²) in [6.07, 6.45) is 2.03. The lowest BCUT2D eigenvalue weighted by Crippen LogP contribution is -2.38. The number of hydrogen-bond donors (Lipinski definition) is 0. The number of alkyl halides is 3. The smallest absolute Gasteiger partial charge is 0.373 e. The molecule has 1 saturated heterocycles. The van der Waals surface area contributed by atoms with Gasteiger partial charge in [-0.3, -0.25) is 0 Å². The van der Waals surface area contributed by atoms with Gasteiger partial charge < -0.3 is 9.80 Å². The van der Waals surface area contributed by atoms with E-state index in [1.165, 1.54) is 12.1 Å². The van der Waals surface area contributed by atoms with Gasteiger partial charge in [0.1, 0.15) is 0 Å². The second kappa shape index (κ2) is 6.68. The van der Waals surface area contributed by atoms with Crippen LogP contribution in [0.1, 0.15) is 12.8 Å². The second-order valence-electron chi connectivity index (χ2n) is 6.07. The number of anilines is 1. The van der Waals surface area contributed by atoms with E-state index in [1.807, 2.05) is 7.05 Å². The molecule has 0 N–H and O–H groups in total. The fourth-order valence-corrected chi connectivity index (χ4v) is 4.04. The van der Waals surface area contributed by atoms with Crippen LogP contribution < -0.4 is 4.90 Å². The van der Waals surface area contributed by atoms with E-state index >= 15 is 0 Å². The number of halogens is 3. The fourth-order valence-electron chi connectivity index (χ4n) is 3.03. The lowest BCUT2D eigenvalue weighted by Gasteiger charge is -2.33. The van der Waals surface area contributed by atoms with Crippen molar-refractivity contribution < 1.29 is 21.6 Å². The van der Waals surface area contributed by atoms with Crippen LogP contribution in [0.3, 0.4) is 0 Å². The molecule has 23 heavy (non-hydrogen) atoms. The van der Waals surface area contributed by atoms with Crippen LogP contribution in [-0.2, 0) is 9.84 Å². The van der Waals surface area contributed by atoms with E-state index in [0.29, 0.717) is 12.5 Å². The molecular formula is C15H21F3N2O2S. The highest BCUT2D eigenvalue weighted by Crippen LogP contribution is 2.35. The summed E-state index contributed by atoms with van der Waals surface area (Å²) in [6.45, 7) is 2.40. The van der Waals surface area contributed by atoms with Crippen molar-refractivity contribution >= 4 is 15.5 Å². The van der Waals surface area contributed by atoms with E-state index in [4.69, 9.17) is 0 Å². The number of likely N-dealkylation sites (tertiary alicyclic amines) is 1. The number of piperidine rings is 1. The Hall–Kier alpha value is -1.28. The van der Waals surface area contributed by atoms with Crippen molar-refractivity contribution in [3.05, 3.63) is 24.3 Å². The lowest BCUT2D eigenvalue weighted by atomic mass is 9.98. The molecule has 0 spiro atoms. The highest BCUT2D eigenvalue weighted by molar-refractivity contribution is 7.92. The van der Waals surface area contributed by atoms with Crippen molar-refractivity contribution in [2.24, 2.45) is 5.92 Å². The predicted octanol–water partition coefficient (Wildman–Crippen LogP) is 2.76. The van der Waals surface area contributed by atoms with Crippen molar-refractivity contribution in [2.75, 3.05) is 38.6 Å². The molecule has 1 unspecified atom stereocenters. The third kappa shape index (κ3) is 3.98. The Morgan fingerprint density at radius 2 is 1.96 bits per heavy atom. The number of rotatable bonds is 4. The van der Waals surface area contributed by atoms with Gasteiger partial charge in [0.05, 0.1) is 10.6 Å². The van der Waals surface area contributed by atoms with Gasteiger partial charge in [0.2, 0.25) is 0 Å². The van der Waals surface area contributed by atoms with Gasteiger partial charge in [-0.2, -0.15) is 13.2 Å². The van der Waals surface area contributed by atoms with Crippen LogP contribution in [0.5, 0.6) is 0 Å². The van der Waals surface area contributed by atoms with E-state index in [2.05, 4.69) is 4.90 Å². The van der Waals surface area contributed by atoms with Gasteiger partial charge in [0.15, 0.2) is 0 Å². The van der Waals surface area contributed by atoms with Crippen LogP contribution >= 0.6 is 0 Å². The van der Waals surface area contributed by atoms with E-state index in [1.54, 1.807) is 18.0 Å². The van der Waals surface area contributed by atoms with Gasteiger partial charge in [-0.15, -0.1) is 0 Å². The molecule has 1 aromatic carbocycles. The zero-order valence-corrected chi connectivity index (χ0v) is 14.0. The quantitative estimate of drug-likeness (QED) is 0.837. The van der Waals surface area contributed by atoms with Crippen LogP contribution in [0.4, 0.5) is 18.9 Å². The molecule has 0 aromatic heterocycles. The maximum Gasteiger partial charge on any atom is 0.501 e. The number of para-hydroxylation sites is 1. The fraction of sp³-hybridized carbons (Fsp3) is 0.600. The first kappa shape index (κ1) is 18.1. The SMILES string of the molecule is CN1CCCC(CN(C)c2ccccc2S(=O)(=O)C(F)(F)F)C1. The maximum absolute atomic E-state index is 12.9. The Bertz CT molecular complexity index is 646. The molecule has 1 aliphatic rings. The molecule has 0 amide bonds. The van der Waals surface area contributed by atoms with Gasteiger partial charge in [-0.05, 0) is 44.5 Å². The van der Waals surface area contributed by atoms with Gasteiger partial charge in [-0.25, -0.2) is 8.42 Å². The molecule has 4 nitrogen and oxygen atoms in total. The van der Waals surface area contributed by atoms with Gasteiger partial charge >= 0.3 is 5.51 Å².